The number of amides is 1. The van der Waals surface area contributed by atoms with Crippen molar-refractivity contribution in [2.24, 2.45) is 0 Å². The number of carbonyl (C=O) groups excluding carboxylic acids is 2. The van der Waals surface area contributed by atoms with Crippen LogP contribution in [0.3, 0.4) is 0 Å². The smallest absolute Gasteiger partial charge is 0.295 e. The molecule has 2 heterocycles. The van der Waals surface area contributed by atoms with Gasteiger partial charge in [-0.15, -0.1) is 0 Å². The molecule has 1 atom stereocenters. The van der Waals surface area contributed by atoms with Crippen LogP contribution in [0.5, 0.6) is 5.75 Å². The second kappa shape index (κ2) is 9.28. The molecule has 1 aromatic heterocycles. The van der Waals surface area contributed by atoms with Crippen LogP contribution in [-0.4, -0.2) is 33.8 Å². The van der Waals surface area contributed by atoms with E-state index in [2.05, 4.69) is 18.8 Å². The van der Waals surface area contributed by atoms with Gasteiger partial charge in [0.15, 0.2) is 0 Å². The van der Waals surface area contributed by atoms with Crippen molar-refractivity contribution in [1.82, 2.24) is 9.88 Å². The molecule has 0 radical (unpaired) electrons. The SMILES string of the molecule is COc1ccc(C(O)=C2C(=O)C(=O)N(Cc3ccncc3)[C@H]2c2ccc(C(C)C)cc2)cc1. The fourth-order valence-corrected chi connectivity index (χ4v) is 4.04. The number of ether oxygens (including phenoxy) is 1. The van der Waals surface area contributed by atoms with Crippen LogP contribution in [0.2, 0.25) is 0 Å². The van der Waals surface area contributed by atoms with Crippen molar-refractivity contribution in [3.63, 3.8) is 0 Å². The van der Waals surface area contributed by atoms with Crippen LogP contribution in [0.15, 0.2) is 78.6 Å². The molecule has 3 aromatic rings. The Kier molecular flexibility index (Phi) is 6.27. The molecule has 1 aliphatic rings. The first-order valence-corrected chi connectivity index (χ1v) is 10.8. The third-order valence-corrected chi connectivity index (χ3v) is 5.92. The summed E-state index contributed by atoms with van der Waals surface area (Å²) in [5, 5.41) is 11.2. The highest BCUT2D eigenvalue weighted by molar-refractivity contribution is 6.46. The molecular formula is C27H26N2O4. The fourth-order valence-electron chi connectivity index (χ4n) is 4.04. The number of Topliss-reactive ketones (excluding diaryl/α,β-unsaturated/α-hetero) is 1. The Bertz CT molecular complexity index is 1180. The first kappa shape index (κ1) is 22.3. The zero-order chi connectivity index (χ0) is 23.5. The van der Waals surface area contributed by atoms with Crippen LogP contribution >= 0.6 is 0 Å². The molecule has 0 unspecified atom stereocenters. The summed E-state index contributed by atoms with van der Waals surface area (Å²) in [5.41, 5.74) is 3.29. The van der Waals surface area contributed by atoms with Gasteiger partial charge in [-0.25, -0.2) is 0 Å². The molecule has 1 fully saturated rings. The average molecular weight is 443 g/mol. The number of hydrogen-bond donors (Lipinski definition) is 1. The van der Waals surface area contributed by atoms with Gasteiger partial charge < -0.3 is 14.7 Å². The van der Waals surface area contributed by atoms with Gasteiger partial charge >= 0.3 is 0 Å². The molecule has 1 saturated heterocycles. The number of aliphatic hydroxyl groups excluding tert-OH is 1. The van der Waals surface area contributed by atoms with Gasteiger partial charge in [0.2, 0.25) is 0 Å². The second-order valence-corrected chi connectivity index (χ2v) is 8.33. The van der Waals surface area contributed by atoms with Gasteiger partial charge in [-0.05, 0) is 59.0 Å². The monoisotopic (exact) mass is 442 g/mol. The molecule has 0 aliphatic carbocycles. The van der Waals surface area contributed by atoms with Crippen molar-refractivity contribution in [3.8, 4) is 5.75 Å². The Balaban J connectivity index is 1.83. The van der Waals surface area contributed by atoms with Crippen molar-refractivity contribution in [1.29, 1.82) is 0 Å². The summed E-state index contributed by atoms with van der Waals surface area (Å²) in [5.74, 6) is -0.562. The fraction of sp³-hybridized carbons (Fsp3) is 0.222. The van der Waals surface area contributed by atoms with Crippen LogP contribution in [0.4, 0.5) is 0 Å². The molecule has 4 rings (SSSR count). The molecule has 1 aliphatic heterocycles. The van der Waals surface area contributed by atoms with Gasteiger partial charge in [-0.2, -0.15) is 0 Å². The number of aliphatic hydroxyl groups is 1. The maximum absolute atomic E-state index is 13.2. The third-order valence-electron chi connectivity index (χ3n) is 5.92. The Hall–Kier alpha value is -3.93. The Morgan fingerprint density at radius 3 is 2.21 bits per heavy atom. The summed E-state index contributed by atoms with van der Waals surface area (Å²) < 4.78 is 5.18. The number of hydrogen-bond acceptors (Lipinski definition) is 5. The van der Waals surface area contributed by atoms with Crippen LogP contribution in [0, 0.1) is 0 Å². The minimum atomic E-state index is -0.707. The number of carbonyl (C=O) groups is 2. The lowest BCUT2D eigenvalue weighted by atomic mass is 9.93. The normalized spacial score (nSPS) is 17.6. The van der Waals surface area contributed by atoms with E-state index < -0.39 is 17.7 Å². The number of nitrogens with zero attached hydrogens (tertiary/aromatic N) is 2. The van der Waals surface area contributed by atoms with Crippen molar-refractivity contribution in [2.75, 3.05) is 7.11 Å². The Morgan fingerprint density at radius 1 is 1.00 bits per heavy atom. The van der Waals surface area contributed by atoms with Crippen molar-refractivity contribution >= 4 is 17.4 Å². The molecule has 6 heteroatoms. The molecule has 6 nitrogen and oxygen atoms in total. The maximum Gasteiger partial charge on any atom is 0.295 e. The largest absolute Gasteiger partial charge is 0.507 e. The van der Waals surface area contributed by atoms with E-state index in [0.29, 0.717) is 17.2 Å². The van der Waals surface area contributed by atoms with E-state index in [4.69, 9.17) is 4.74 Å². The minimum absolute atomic E-state index is 0.0801. The summed E-state index contributed by atoms with van der Waals surface area (Å²) in [6.07, 6.45) is 3.30. The predicted molar refractivity (Wildman–Crippen MR) is 126 cm³/mol. The van der Waals surface area contributed by atoms with Gasteiger partial charge in [0.05, 0.1) is 18.7 Å². The van der Waals surface area contributed by atoms with E-state index in [0.717, 1.165) is 16.7 Å². The van der Waals surface area contributed by atoms with E-state index in [1.807, 2.05) is 36.4 Å². The standard InChI is InChI=1S/C27H26N2O4/c1-17(2)19-4-6-20(7-5-19)24-23(25(30)21-8-10-22(33-3)11-9-21)26(31)27(32)29(24)16-18-12-14-28-15-13-18/h4-15,17,24,30H,16H2,1-3H3/t24-/m0/s1. The van der Waals surface area contributed by atoms with Gasteiger partial charge in [-0.1, -0.05) is 38.1 Å². The summed E-state index contributed by atoms with van der Waals surface area (Å²) in [7, 11) is 1.56. The van der Waals surface area contributed by atoms with Gasteiger partial charge in [0.25, 0.3) is 11.7 Å². The highest BCUT2D eigenvalue weighted by atomic mass is 16.5. The van der Waals surface area contributed by atoms with E-state index >= 15 is 0 Å². The molecule has 1 amide bonds. The molecule has 168 valence electrons. The predicted octanol–water partition coefficient (Wildman–Crippen LogP) is 4.84. The lowest BCUT2D eigenvalue weighted by Gasteiger charge is -2.25. The summed E-state index contributed by atoms with van der Waals surface area (Å²) in [6, 6.07) is 17.5. The van der Waals surface area contributed by atoms with E-state index in [-0.39, 0.29) is 17.9 Å². The number of benzene rings is 2. The zero-order valence-corrected chi connectivity index (χ0v) is 18.9. The summed E-state index contributed by atoms with van der Waals surface area (Å²) in [4.78, 5) is 31.8. The minimum Gasteiger partial charge on any atom is -0.507 e. The molecule has 1 N–H and O–H groups in total. The number of methoxy groups -OCH3 is 1. The van der Waals surface area contributed by atoms with Crippen LogP contribution in [0.25, 0.3) is 5.76 Å². The van der Waals surface area contributed by atoms with Gasteiger partial charge in [0.1, 0.15) is 11.5 Å². The molecule has 33 heavy (non-hydrogen) atoms. The number of pyridine rings is 1. The van der Waals surface area contributed by atoms with Crippen LogP contribution in [-0.2, 0) is 16.1 Å². The Labute approximate surface area is 193 Å². The highest BCUT2D eigenvalue weighted by Crippen LogP contribution is 2.40. The van der Waals surface area contributed by atoms with E-state index in [9.17, 15) is 14.7 Å². The molecular weight excluding hydrogens is 416 g/mol. The maximum atomic E-state index is 13.2. The number of rotatable bonds is 6. The summed E-state index contributed by atoms with van der Waals surface area (Å²) in [6.45, 7) is 4.44. The van der Waals surface area contributed by atoms with Crippen molar-refractivity contribution in [2.45, 2.75) is 32.4 Å². The lowest BCUT2D eigenvalue weighted by molar-refractivity contribution is -0.140. The second-order valence-electron chi connectivity index (χ2n) is 8.33. The molecule has 0 bridgehead atoms. The topological polar surface area (TPSA) is 79.7 Å². The summed E-state index contributed by atoms with van der Waals surface area (Å²) >= 11 is 0. The van der Waals surface area contributed by atoms with E-state index in [1.54, 1.807) is 43.8 Å². The van der Waals surface area contributed by atoms with Gasteiger partial charge in [0, 0.05) is 24.5 Å². The highest BCUT2D eigenvalue weighted by Gasteiger charge is 2.46. The number of likely N-dealkylation sites (tertiary alicyclic amines) is 1. The average Bonchev–Trinajstić information content (AvgIpc) is 3.09. The zero-order valence-electron chi connectivity index (χ0n) is 18.9. The van der Waals surface area contributed by atoms with E-state index in [1.165, 1.54) is 4.90 Å². The number of ketones is 1. The van der Waals surface area contributed by atoms with Crippen LogP contribution < -0.4 is 4.74 Å². The quantitative estimate of drug-likeness (QED) is 0.336. The number of aromatic nitrogens is 1. The van der Waals surface area contributed by atoms with Gasteiger partial charge in [-0.3, -0.25) is 14.6 Å². The lowest BCUT2D eigenvalue weighted by Crippen LogP contribution is -2.29. The van der Waals surface area contributed by atoms with Crippen molar-refractivity contribution in [3.05, 3.63) is 101 Å². The third kappa shape index (κ3) is 4.37. The Morgan fingerprint density at radius 2 is 1.64 bits per heavy atom. The van der Waals surface area contributed by atoms with Crippen molar-refractivity contribution < 1.29 is 19.4 Å². The molecule has 0 saturated carbocycles. The first-order valence-electron chi connectivity index (χ1n) is 10.8. The molecule has 0 spiro atoms. The first-order chi connectivity index (χ1) is 15.9. The van der Waals surface area contributed by atoms with Crippen LogP contribution in [0.1, 0.15) is 48.1 Å². The molecule has 2 aromatic carbocycles.